The minimum atomic E-state index is -2.98. The molecule has 0 bridgehead atoms. The highest BCUT2D eigenvalue weighted by Gasteiger charge is 2.46. The van der Waals surface area contributed by atoms with Crippen molar-refractivity contribution in [3.63, 3.8) is 0 Å². The molecule has 130 valence electrons. The smallest absolute Gasteiger partial charge is 0.153 e. The molecule has 0 aliphatic carbocycles. The molecule has 0 spiro atoms. The van der Waals surface area contributed by atoms with Crippen molar-refractivity contribution in [3.05, 3.63) is 17.0 Å². The van der Waals surface area contributed by atoms with Crippen LogP contribution in [-0.4, -0.2) is 80.3 Å². The fraction of sp³-hybridized carbons (Fsp3) is 0.800. The molecule has 1 aromatic rings. The number of ether oxygens (including phenoxy) is 1. The maximum Gasteiger partial charge on any atom is 0.153 e. The van der Waals surface area contributed by atoms with E-state index in [0.717, 1.165) is 36.7 Å². The lowest BCUT2D eigenvalue weighted by molar-refractivity contribution is 0.0250. The third kappa shape index (κ3) is 3.45. The molecular formula is C15H25N3O4S. The number of methoxy groups -OCH3 is 1. The molecule has 2 aliphatic heterocycles. The Hall–Kier alpha value is -0.960. The lowest BCUT2D eigenvalue weighted by Crippen LogP contribution is -2.59. The van der Waals surface area contributed by atoms with Crippen molar-refractivity contribution >= 4 is 9.84 Å². The quantitative estimate of drug-likeness (QED) is 0.757. The number of piperazine rings is 1. The second kappa shape index (κ2) is 6.51. The number of hydrogen-bond acceptors (Lipinski definition) is 7. The maximum absolute atomic E-state index is 12.2. The predicted octanol–water partition coefficient (Wildman–Crippen LogP) is 0.221. The summed E-state index contributed by atoms with van der Waals surface area (Å²) in [5.41, 5.74) is 1.97. The molecule has 8 heteroatoms. The Balaban J connectivity index is 1.78. The zero-order chi connectivity index (χ0) is 16.6. The monoisotopic (exact) mass is 343 g/mol. The van der Waals surface area contributed by atoms with E-state index in [1.807, 2.05) is 13.8 Å². The van der Waals surface area contributed by atoms with Crippen LogP contribution in [0, 0.1) is 13.8 Å². The fourth-order valence-electron chi connectivity index (χ4n) is 3.71. The highest BCUT2D eigenvalue weighted by atomic mass is 32.2. The number of aryl methyl sites for hydroxylation is 2. The Labute approximate surface area is 137 Å². The van der Waals surface area contributed by atoms with Gasteiger partial charge in [0.15, 0.2) is 9.84 Å². The summed E-state index contributed by atoms with van der Waals surface area (Å²) >= 11 is 0. The number of sulfone groups is 1. The minimum Gasteiger partial charge on any atom is -0.383 e. The van der Waals surface area contributed by atoms with E-state index in [9.17, 15) is 8.42 Å². The molecule has 0 aromatic carbocycles. The van der Waals surface area contributed by atoms with Crippen LogP contribution in [0.15, 0.2) is 4.52 Å². The van der Waals surface area contributed by atoms with E-state index < -0.39 is 9.84 Å². The van der Waals surface area contributed by atoms with Crippen molar-refractivity contribution in [1.29, 1.82) is 0 Å². The molecule has 2 atom stereocenters. The van der Waals surface area contributed by atoms with Crippen molar-refractivity contribution in [3.8, 4) is 0 Å². The normalized spacial score (nSPS) is 28.1. The summed E-state index contributed by atoms with van der Waals surface area (Å²) in [5, 5.41) is 4.00. The summed E-state index contributed by atoms with van der Waals surface area (Å²) in [6.07, 6.45) is 0. The summed E-state index contributed by atoms with van der Waals surface area (Å²) in [4.78, 5) is 4.55. The van der Waals surface area contributed by atoms with Gasteiger partial charge in [-0.2, -0.15) is 0 Å². The molecule has 23 heavy (non-hydrogen) atoms. The van der Waals surface area contributed by atoms with Crippen LogP contribution in [0.3, 0.4) is 0 Å². The molecule has 0 N–H and O–H groups in total. The lowest BCUT2D eigenvalue weighted by Gasteiger charge is -2.43. The standard InChI is InChI=1S/C15H25N3O4S/c1-11-13(12(2)22-16-11)8-18-5-4-17(6-7-21-3)14-9-23(19,20)10-15(14)18/h14-15H,4-10H2,1-3H3. The highest BCUT2D eigenvalue weighted by Crippen LogP contribution is 2.29. The first kappa shape index (κ1) is 16.9. The third-order valence-electron chi connectivity index (χ3n) is 5.03. The summed E-state index contributed by atoms with van der Waals surface area (Å²) in [6.45, 7) is 7.68. The number of aromatic nitrogens is 1. The van der Waals surface area contributed by atoms with Gasteiger partial charge in [-0.15, -0.1) is 0 Å². The molecule has 3 rings (SSSR count). The number of rotatable bonds is 5. The summed E-state index contributed by atoms with van der Waals surface area (Å²) < 4.78 is 34.8. The number of fused-ring (bicyclic) bond motifs is 1. The van der Waals surface area contributed by atoms with Crippen LogP contribution in [0.25, 0.3) is 0 Å². The SMILES string of the molecule is COCCN1CCN(Cc2c(C)noc2C)C2CS(=O)(=O)CC21. The van der Waals surface area contributed by atoms with E-state index in [-0.39, 0.29) is 23.6 Å². The van der Waals surface area contributed by atoms with Crippen molar-refractivity contribution in [2.45, 2.75) is 32.5 Å². The molecule has 3 heterocycles. The molecule has 0 radical (unpaired) electrons. The topological polar surface area (TPSA) is 75.9 Å². The number of nitrogens with zero attached hydrogens (tertiary/aromatic N) is 3. The van der Waals surface area contributed by atoms with E-state index in [1.165, 1.54) is 0 Å². The molecule has 2 fully saturated rings. The predicted molar refractivity (Wildman–Crippen MR) is 86.1 cm³/mol. The average Bonchev–Trinajstić information content (AvgIpc) is 2.99. The number of hydrogen-bond donors (Lipinski definition) is 0. The summed E-state index contributed by atoms with van der Waals surface area (Å²) in [5.74, 6) is 1.31. The zero-order valence-electron chi connectivity index (χ0n) is 14.0. The first-order valence-electron chi connectivity index (χ1n) is 8.00. The van der Waals surface area contributed by atoms with Crippen LogP contribution in [0.1, 0.15) is 17.0 Å². The Kier molecular flexibility index (Phi) is 4.78. The minimum absolute atomic E-state index is 0.0410. The van der Waals surface area contributed by atoms with Gasteiger partial charge in [0, 0.05) is 50.9 Å². The van der Waals surface area contributed by atoms with Gasteiger partial charge >= 0.3 is 0 Å². The van der Waals surface area contributed by atoms with E-state index >= 15 is 0 Å². The maximum atomic E-state index is 12.2. The lowest BCUT2D eigenvalue weighted by atomic mass is 10.0. The first-order chi connectivity index (χ1) is 10.9. The van der Waals surface area contributed by atoms with Gasteiger partial charge in [-0.1, -0.05) is 5.16 Å². The van der Waals surface area contributed by atoms with Gasteiger partial charge in [-0.05, 0) is 13.8 Å². The van der Waals surface area contributed by atoms with Crippen LogP contribution in [0.4, 0.5) is 0 Å². The van der Waals surface area contributed by atoms with Crippen LogP contribution < -0.4 is 0 Å². The van der Waals surface area contributed by atoms with Crippen molar-refractivity contribution in [1.82, 2.24) is 15.0 Å². The van der Waals surface area contributed by atoms with E-state index in [1.54, 1.807) is 7.11 Å². The average molecular weight is 343 g/mol. The second-order valence-corrected chi connectivity index (χ2v) is 8.67. The van der Waals surface area contributed by atoms with Gasteiger partial charge in [0.05, 0.1) is 23.8 Å². The van der Waals surface area contributed by atoms with E-state index in [2.05, 4.69) is 15.0 Å². The van der Waals surface area contributed by atoms with Crippen LogP contribution in [0.5, 0.6) is 0 Å². The second-order valence-electron chi connectivity index (χ2n) is 6.51. The molecule has 2 saturated heterocycles. The summed E-state index contributed by atoms with van der Waals surface area (Å²) in [7, 11) is -1.30. The van der Waals surface area contributed by atoms with Gasteiger partial charge in [0.1, 0.15) is 5.76 Å². The molecule has 2 unspecified atom stereocenters. The van der Waals surface area contributed by atoms with Gasteiger partial charge in [-0.3, -0.25) is 9.80 Å². The van der Waals surface area contributed by atoms with Crippen LogP contribution in [0.2, 0.25) is 0 Å². The van der Waals surface area contributed by atoms with E-state index in [4.69, 9.17) is 9.26 Å². The van der Waals surface area contributed by atoms with Gasteiger partial charge in [-0.25, -0.2) is 8.42 Å². The van der Waals surface area contributed by atoms with Gasteiger partial charge < -0.3 is 9.26 Å². The zero-order valence-corrected chi connectivity index (χ0v) is 14.8. The summed E-state index contributed by atoms with van der Waals surface area (Å²) in [6, 6.07) is 0.101. The van der Waals surface area contributed by atoms with Gasteiger partial charge in [0.25, 0.3) is 0 Å². The Morgan fingerprint density at radius 3 is 2.48 bits per heavy atom. The van der Waals surface area contributed by atoms with Crippen LogP contribution >= 0.6 is 0 Å². The van der Waals surface area contributed by atoms with E-state index in [0.29, 0.717) is 13.2 Å². The molecule has 0 amide bonds. The Morgan fingerprint density at radius 1 is 1.22 bits per heavy atom. The van der Waals surface area contributed by atoms with Crippen molar-refractivity contribution < 1.29 is 17.7 Å². The molecule has 2 aliphatic rings. The molecule has 1 aromatic heterocycles. The van der Waals surface area contributed by atoms with Crippen molar-refractivity contribution in [2.75, 3.05) is 44.9 Å². The highest BCUT2D eigenvalue weighted by molar-refractivity contribution is 7.91. The molecular weight excluding hydrogens is 318 g/mol. The fourth-order valence-corrected chi connectivity index (χ4v) is 5.75. The first-order valence-corrected chi connectivity index (χ1v) is 9.82. The largest absolute Gasteiger partial charge is 0.383 e. The van der Waals surface area contributed by atoms with Gasteiger partial charge in [0.2, 0.25) is 0 Å². The molecule has 0 saturated carbocycles. The Bertz CT molecular complexity index is 638. The third-order valence-corrected chi connectivity index (χ3v) is 6.73. The van der Waals surface area contributed by atoms with Crippen LogP contribution in [-0.2, 0) is 21.1 Å². The Morgan fingerprint density at radius 2 is 1.87 bits per heavy atom. The molecule has 7 nitrogen and oxygen atoms in total. The van der Waals surface area contributed by atoms with Crippen molar-refractivity contribution in [2.24, 2.45) is 0 Å².